The molecule has 0 amide bonds. The van der Waals surface area contributed by atoms with Gasteiger partial charge in [-0.1, -0.05) is 42.3 Å². The minimum Gasteiger partial charge on any atom is -0.375 e. The molecule has 0 atom stereocenters. The van der Waals surface area contributed by atoms with Gasteiger partial charge in [-0.25, -0.2) is 0 Å². The monoisotopic (exact) mass is 270 g/mol. The van der Waals surface area contributed by atoms with Crippen LogP contribution < -0.4 is 0 Å². The summed E-state index contributed by atoms with van der Waals surface area (Å²) in [4.78, 5) is 5.12. The molecule has 2 heteroatoms. The molecule has 1 aliphatic carbocycles. The maximum absolute atomic E-state index is 2.57. The van der Waals surface area contributed by atoms with Gasteiger partial charge < -0.3 is 4.90 Å². The predicted octanol–water partition coefficient (Wildman–Crippen LogP) is 3.65. The third-order valence-corrected chi connectivity index (χ3v) is 4.52. The molecule has 2 fully saturated rings. The fourth-order valence-corrected chi connectivity index (χ4v) is 3.29. The second kappa shape index (κ2) is 6.94. The van der Waals surface area contributed by atoms with Gasteiger partial charge in [0.25, 0.3) is 0 Å². The van der Waals surface area contributed by atoms with Crippen molar-refractivity contribution >= 4 is 0 Å². The number of benzene rings is 1. The minimum absolute atomic E-state index is 1.10. The summed E-state index contributed by atoms with van der Waals surface area (Å²) in [5.74, 6) is 0. The lowest BCUT2D eigenvalue weighted by molar-refractivity contribution is 0.161. The van der Waals surface area contributed by atoms with Gasteiger partial charge in [0, 0.05) is 32.7 Å². The Kier molecular flexibility index (Phi) is 4.75. The molecule has 2 nitrogen and oxygen atoms in total. The Hall–Kier alpha value is -1.28. The molecular formula is C18H26N2. The third kappa shape index (κ3) is 3.86. The molecule has 1 heterocycles. The smallest absolute Gasteiger partial charge is 0.0301 e. The average molecular weight is 270 g/mol. The van der Waals surface area contributed by atoms with E-state index < -0.39 is 0 Å². The molecule has 2 aliphatic rings. The van der Waals surface area contributed by atoms with Crippen LogP contribution in [0.25, 0.3) is 0 Å². The fraction of sp³-hybridized carbons (Fsp3) is 0.556. The molecule has 0 aromatic heterocycles. The van der Waals surface area contributed by atoms with Crippen molar-refractivity contribution in [2.45, 2.75) is 38.6 Å². The maximum Gasteiger partial charge on any atom is 0.0301 e. The SMILES string of the molecule is C(=C1CCCCC1)N1CCN(Cc2ccccc2)CC1. The van der Waals surface area contributed by atoms with E-state index in [1.807, 2.05) is 0 Å². The van der Waals surface area contributed by atoms with Crippen LogP contribution in [-0.4, -0.2) is 36.0 Å². The molecule has 0 bridgehead atoms. The van der Waals surface area contributed by atoms with Crippen LogP contribution in [0.1, 0.15) is 37.7 Å². The second-order valence-electron chi connectivity index (χ2n) is 6.15. The maximum atomic E-state index is 2.57. The van der Waals surface area contributed by atoms with E-state index in [-0.39, 0.29) is 0 Å². The van der Waals surface area contributed by atoms with Crippen LogP contribution in [-0.2, 0) is 6.54 Å². The standard InChI is InChI=1S/C18H26N2/c1-3-7-17(8-4-1)15-19-11-13-20(14-12-19)16-18-9-5-2-6-10-18/h1,3-4,7-8,16H,2,5-6,9-15H2. The highest BCUT2D eigenvalue weighted by atomic mass is 15.2. The second-order valence-corrected chi connectivity index (χ2v) is 6.15. The van der Waals surface area contributed by atoms with Gasteiger partial charge in [0.1, 0.15) is 0 Å². The zero-order chi connectivity index (χ0) is 13.6. The van der Waals surface area contributed by atoms with Crippen molar-refractivity contribution in [3.8, 4) is 0 Å². The van der Waals surface area contributed by atoms with Crippen LogP contribution in [0.5, 0.6) is 0 Å². The van der Waals surface area contributed by atoms with Crippen molar-refractivity contribution in [1.29, 1.82) is 0 Å². The summed E-state index contributed by atoms with van der Waals surface area (Å²) in [5.41, 5.74) is 3.12. The lowest BCUT2D eigenvalue weighted by atomic mass is 9.95. The Morgan fingerprint density at radius 2 is 1.55 bits per heavy atom. The van der Waals surface area contributed by atoms with Crippen molar-refractivity contribution < 1.29 is 0 Å². The summed E-state index contributed by atoms with van der Waals surface area (Å²) >= 11 is 0. The van der Waals surface area contributed by atoms with E-state index in [9.17, 15) is 0 Å². The number of nitrogens with zero attached hydrogens (tertiary/aromatic N) is 2. The Bertz CT molecular complexity index is 422. The minimum atomic E-state index is 1.10. The molecule has 20 heavy (non-hydrogen) atoms. The number of rotatable bonds is 3. The average Bonchev–Trinajstić information content (AvgIpc) is 2.51. The number of allylic oxidation sites excluding steroid dienone is 1. The van der Waals surface area contributed by atoms with Gasteiger partial charge in [0.2, 0.25) is 0 Å². The zero-order valence-electron chi connectivity index (χ0n) is 12.4. The molecule has 0 spiro atoms. The van der Waals surface area contributed by atoms with Crippen LogP contribution >= 0.6 is 0 Å². The lowest BCUT2D eigenvalue weighted by Crippen LogP contribution is -2.43. The molecule has 0 unspecified atom stereocenters. The number of hydrogen-bond acceptors (Lipinski definition) is 2. The molecule has 1 saturated heterocycles. The quantitative estimate of drug-likeness (QED) is 0.827. The lowest BCUT2D eigenvalue weighted by Gasteiger charge is -2.35. The van der Waals surface area contributed by atoms with Gasteiger partial charge in [-0.3, -0.25) is 4.90 Å². The molecular weight excluding hydrogens is 244 g/mol. The Morgan fingerprint density at radius 1 is 0.850 bits per heavy atom. The van der Waals surface area contributed by atoms with Gasteiger partial charge in [-0.2, -0.15) is 0 Å². The highest BCUT2D eigenvalue weighted by molar-refractivity contribution is 5.14. The van der Waals surface area contributed by atoms with E-state index in [1.54, 1.807) is 5.57 Å². The van der Waals surface area contributed by atoms with E-state index in [1.165, 1.54) is 63.8 Å². The van der Waals surface area contributed by atoms with Crippen LogP contribution in [0.3, 0.4) is 0 Å². The molecule has 1 aliphatic heterocycles. The van der Waals surface area contributed by atoms with E-state index in [0.29, 0.717) is 0 Å². The van der Waals surface area contributed by atoms with Crippen molar-refractivity contribution in [2.75, 3.05) is 26.2 Å². The van der Waals surface area contributed by atoms with E-state index in [2.05, 4.69) is 46.3 Å². The van der Waals surface area contributed by atoms with E-state index in [4.69, 9.17) is 0 Å². The Morgan fingerprint density at radius 3 is 2.25 bits per heavy atom. The molecule has 0 N–H and O–H groups in total. The number of piperazine rings is 1. The molecule has 108 valence electrons. The highest BCUT2D eigenvalue weighted by Gasteiger charge is 2.15. The zero-order valence-corrected chi connectivity index (χ0v) is 12.4. The molecule has 3 rings (SSSR count). The summed E-state index contributed by atoms with van der Waals surface area (Å²) in [6.45, 7) is 5.87. The van der Waals surface area contributed by atoms with Gasteiger partial charge in [0.15, 0.2) is 0 Å². The van der Waals surface area contributed by atoms with Crippen molar-refractivity contribution in [1.82, 2.24) is 9.80 Å². The normalized spacial score (nSPS) is 21.0. The van der Waals surface area contributed by atoms with E-state index in [0.717, 1.165) is 6.54 Å². The largest absolute Gasteiger partial charge is 0.375 e. The third-order valence-electron chi connectivity index (χ3n) is 4.52. The van der Waals surface area contributed by atoms with E-state index >= 15 is 0 Å². The van der Waals surface area contributed by atoms with Crippen LogP contribution in [0.2, 0.25) is 0 Å². The topological polar surface area (TPSA) is 6.48 Å². The summed E-state index contributed by atoms with van der Waals surface area (Å²) in [6, 6.07) is 10.8. The van der Waals surface area contributed by atoms with Gasteiger partial charge in [-0.05, 0) is 37.4 Å². The Labute approximate surface area is 123 Å². The summed E-state index contributed by atoms with van der Waals surface area (Å²) < 4.78 is 0. The van der Waals surface area contributed by atoms with Crippen LogP contribution in [0.4, 0.5) is 0 Å². The van der Waals surface area contributed by atoms with Gasteiger partial charge in [-0.15, -0.1) is 0 Å². The van der Waals surface area contributed by atoms with Gasteiger partial charge in [0.05, 0.1) is 0 Å². The predicted molar refractivity (Wildman–Crippen MR) is 84.5 cm³/mol. The van der Waals surface area contributed by atoms with Crippen molar-refractivity contribution in [3.05, 3.63) is 47.7 Å². The molecule has 1 saturated carbocycles. The highest BCUT2D eigenvalue weighted by Crippen LogP contribution is 2.23. The molecule has 0 radical (unpaired) electrons. The van der Waals surface area contributed by atoms with Crippen molar-refractivity contribution in [2.24, 2.45) is 0 Å². The van der Waals surface area contributed by atoms with Gasteiger partial charge >= 0.3 is 0 Å². The summed E-state index contributed by atoms with van der Waals surface area (Å²) in [5, 5.41) is 0. The fourth-order valence-electron chi connectivity index (χ4n) is 3.29. The molecule has 1 aromatic carbocycles. The van der Waals surface area contributed by atoms with Crippen LogP contribution in [0.15, 0.2) is 42.1 Å². The summed E-state index contributed by atoms with van der Waals surface area (Å²) in [6.07, 6.45) is 9.38. The van der Waals surface area contributed by atoms with Crippen molar-refractivity contribution in [3.63, 3.8) is 0 Å². The first-order chi connectivity index (χ1) is 9.90. The first-order valence-electron chi connectivity index (χ1n) is 8.10. The number of hydrogen-bond donors (Lipinski definition) is 0. The summed E-state index contributed by atoms with van der Waals surface area (Å²) in [7, 11) is 0. The first kappa shape index (κ1) is 13.7. The molecule has 1 aromatic rings. The Balaban J connectivity index is 1.47. The first-order valence-corrected chi connectivity index (χ1v) is 8.10. The van der Waals surface area contributed by atoms with Crippen LogP contribution in [0, 0.1) is 0 Å².